The van der Waals surface area contributed by atoms with Crippen molar-refractivity contribution in [2.75, 3.05) is 37.7 Å². The summed E-state index contributed by atoms with van der Waals surface area (Å²) in [5, 5.41) is 4.43. The van der Waals surface area contributed by atoms with Gasteiger partial charge < -0.3 is 9.64 Å². The van der Waals surface area contributed by atoms with Gasteiger partial charge in [-0.05, 0) is 43.2 Å². The van der Waals surface area contributed by atoms with Crippen molar-refractivity contribution >= 4 is 15.9 Å². The molecule has 0 aliphatic carbocycles. The van der Waals surface area contributed by atoms with E-state index < -0.39 is 10.0 Å². The lowest BCUT2D eigenvalue weighted by Gasteiger charge is -2.29. The summed E-state index contributed by atoms with van der Waals surface area (Å²) in [5.41, 5.74) is 4.27. The van der Waals surface area contributed by atoms with E-state index in [1.54, 1.807) is 10.9 Å². The Morgan fingerprint density at radius 1 is 1.15 bits per heavy atom. The highest BCUT2D eigenvalue weighted by Gasteiger charge is 2.20. The summed E-state index contributed by atoms with van der Waals surface area (Å²) >= 11 is 0. The number of carbonyl (C=O) groups excluding carboxylic acids is 1. The summed E-state index contributed by atoms with van der Waals surface area (Å²) in [6.45, 7) is 4.58. The lowest BCUT2D eigenvalue weighted by Crippen LogP contribution is -2.36. The van der Waals surface area contributed by atoms with Gasteiger partial charge in [-0.1, -0.05) is 24.3 Å². The maximum atomic E-state index is 12.8. The van der Waals surface area contributed by atoms with E-state index in [0.29, 0.717) is 37.8 Å². The topological polar surface area (TPSA) is 73.1 Å². The molecule has 0 fully saturated rings. The molecule has 3 aromatic rings. The van der Waals surface area contributed by atoms with Gasteiger partial charge >= 0.3 is 0 Å². The van der Waals surface area contributed by atoms with Crippen LogP contribution in [-0.2, 0) is 24.3 Å². The molecular weight excluding hydrogens is 434 g/mol. The fraction of sp³-hybridized carbons (Fsp3) is 0.440. The van der Waals surface area contributed by atoms with Crippen LogP contribution >= 0.6 is 10.0 Å². The molecule has 7 nitrogen and oxygen atoms in total. The van der Waals surface area contributed by atoms with Crippen LogP contribution in [0.5, 0.6) is 5.88 Å². The molecule has 1 aliphatic heterocycles. The minimum absolute atomic E-state index is 0.157. The number of rotatable bonds is 8. The van der Waals surface area contributed by atoms with Gasteiger partial charge in [0.25, 0.3) is 0 Å². The Hall–Kier alpha value is -2.87. The predicted molar refractivity (Wildman–Crippen MR) is 134 cm³/mol. The van der Waals surface area contributed by atoms with E-state index >= 15 is 0 Å². The first-order chi connectivity index (χ1) is 15.8. The van der Waals surface area contributed by atoms with Crippen LogP contribution in [-0.4, -0.2) is 68.2 Å². The van der Waals surface area contributed by atoms with Gasteiger partial charge in [0.1, 0.15) is 0 Å². The number of aromatic nitrogens is 4. The van der Waals surface area contributed by atoms with Crippen LogP contribution < -0.4 is 4.74 Å². The van der Waals surface area contributed by atoms with Gasteiger partial charge in [-0.3, -0.25) is 9.48 Å². The molecule has 4 rings (SSSR count). The maximum absolute atomic E-state index is 12.8. The van der Waals surface area contributed by atoms with Crippen LogP contribution in [0.2, 0.25) is 0 Å². The van der Waals surface area contributed by atoms with Gasteiger partial charge in [-0.25, -0.2) is 15.0 Å². The first-order valence-electron chi connectivity index (χ1n) is 11.3. The van der Waals surface area contributed by atoms with E-state index in [9.17, 15) is 4.79 Å². The molecule has 8 heteroatoms. The molecule has 0 radical (unpaired) electrons. The Morgan fingerprint density at radius 2 is 1.94 bits per heavy atom. The van der Waals surface area contributed by atoms with Crippen molar-refractivity contribution < 1.29 is 9.53 Å². The Labute approximate surface area is 197 Å². The van der Waals surface area contributed by atoms with Gasteiger partial charge in [-0.15, -0.1) is 0 Å². The molecule has 0 saturated heterocycles. The Morgan fingerprint density at radius 3 is 2.73 bits per heavy atom. The molecule has 1 aromatic carbocycles. The van der Waals surface area contributed by atoms with E-state index in [-0.39, 0.29) is 5.91 Å². The van der Waals surface area contributed by atoms with Gasteiger partial charge in [0.2, 0.25) is 11.8 Å². The zero-order valence-corrected chi connectivity index (χ0v) is 20.8. The smallest absolute Gasteiger partial charge is 0.224 e. The minimum Gasteiger partial charge on any atom is -0.477 e. The quantitative estimate of drug-likeness (QED) is 0.505. The molecule has 0 unspecified atom stereocenters. The number of carbonyl (C=O) groups is 1. The van der Waals surface area contributed by atoms with Gasteiger partial charge in [0.15, 0.2) is 5.82 Å². The second-order valence-corrected chi connectivity index (χ2v) is 14.0. The van der Waals surface area contributed by atoms with Crippen LogP contribution in [0.1, 0.15) is 23.2 Å². The van der Waals surface area contributed by atoms with Crippen LogP contribution in [0.15, 0.2) is 42.7 Å². The van der Waals surface area contributed by atoms with Crippen LogP contribution in [0.25, 0.3) is 11.4 Å². The van der Waals surface area contributed by atoms with E-state index in [1.165, 1.54) is 11.1 Å². The minimum atomic E-state index is -0.612. The third-order valence-corrected chi connectivity index (χ3v) is 7.10. The molecule has 0 N–H and O–H groups in total. The zero-order valence-electron chi connectivity index (χ0n) is 20.0. The predicted octanol–water partition coefficient (Wildman–Crippen LogP) is 3.70. The van der Waals surface area contributed by atoms with Crippen LogP contribution in [0.3, 0.4) is 0 Å². The van der Waals surface area contributed by atoms with Crippen molar-refractivity contribution in [1.29, 1.82) is 0 Å². The molecule has 33 heavy (non-hydrogen) atoms. The third-order valence-electron chi connectivity index (χ3n) is 5.71. The Balaban J connectivity index is 1.35. The van der Waals surface area contributed by atoms with Crippen molar-refractivity contribution in [3.63, 3.8) is 0 Å². The fourth-order valence-corrected chi connectivity index (χ4v) is 4.40. The summed E-state index contributed by atoms with van der Waals surface area (Å²) in [4.78, 5) is 23.8. The Kier molecular flexibility index (Phi) is 7.02. The van der Waals surface area contributed by atoms with E-state index in [2.05, 4.69) is 52.0 Å². The largest absolute Gasteiger partial charge is 0.477 e. The summed E-state index contributed by atoms with van der Waals surface area (Å²) in [6, 6.07) is 10.2. The molecule has 1 aliphatic rings. The fourth-order valence-electron chi connectivity index (χ4n) is 3.82. The average Bonchev–Trinajstić information content (AvgIpc) is 3.25. The first kappa shape index (κ1) is 23.3. The Bertz CT molecular complexity index is 1120. The zero-order chi connectivity index (χ0) is 23.4. The number of ether oxygens (including phenoxy) is 1. The molecule has 0 atom stereocenters. The van der Waals surface area contributed by atoms with Crippen molar-refractivity contribution in [2.45, 2.75) is 32.9 Å². The van der Waals surface area contributed by atoms with Gasteiger partial charge in [0, 0.05) is 49.8 Å². The lowest BCUT2D eigenvalue weighted by atomic mass is 10.00. The average molecular weight is 468 g/mol. The molecule has 0 bridgehead atoms. The summed E-state index contributed by atoms with van der Waals surface area (Å²) in [6.07, 6.45) is 11.8. The second-order valence-electron chi connectivity index (χ2n) is 9.39. The number of benzene rings is 1. The normalized spacial score (nSPS) is 14.1. The number of amides is 1. The van der Waals surface area contributed by atoms with Gasteiger partial charge in [0.05, 0.1) is 18.4 Å². The summed E-state index contributed by atoms with van der Waals surface area (Å²) in [5.74, 6) is 2.37. The van der Waals surface area contributed by atoms with Crippen LogP contribution in [0.4, 0.5) is 0 Å². The highest BCUT2D eigenvalue weighted by Crippen LogP contribution is 2.33. The number of hydrogen-bond donors (Lipinski definition) is 0. The van der Waals surface area contributed by atoms with E-state index in [4.69, 9.17) is 4.74 Å². The third kappa shape index (κ3) is 6.35. The van der Waals surface area contributed by atoms with E-state index in [0.717, 1.165) is 30.0 Å². The standard InChI is InChI=1S/C25H33N5O2S/c1-19-15-23(32-13-14-33(2,3)4)28-25(27-19)22-16-26-30(18-22)12-10-24(31)29-11-9-20-7-5-6-8-21(20)17-29/h5-8,15-16,18H,9-14,17H2,1-4H3. The first-order valence-corrected chi connectivity index (χ1v) is 14.3. The molecule has 0 spiro atoms. The number of fused-ring (bicyclic) bond motifs is 1. The number of hydrogen-bond acceptors (Lipinski definition) is 5. The summed E-state index contributed by atoms with van der Waals surface area (Å²) < 4.78 is 7.69. The number of nitrogens with zero attached hydrogens (tertiary/aromatic N) is 5. The highest BCUT2D eigenvalue weighted by molar-refractivity contribution is 8.32. The molecule has 1 amide bonds. The molecule has 2 aromatic heterocycles. The summed E-state index contributed by atoms with van der Waals surface area (Å²) in [7, 11) is -0.612. The van der Waals surface area contributed by atoms with Crippen LogP contribution in [0, 0.1) is 6.92 Å². The highest BCUT2D eigenvalue weighted by atomic mass is 32.3. The SMILES string of the molecule is Cc1cc(OCCS(C)(C)C)nc(-c2cnn(CCC(=O)N3CCc4ccccc4C3)c2)n1. The lowest BCUT2D eigenvalue weighted by molar-refractivity contribution is -0.132. The maximum Gasteiger partial charge on any atom is 0.224 e. The monoisotopic (exact) mass is 467 g/mol. The molecule has 176 valence electrons. The van der Waals surface area contributed by atoms with Gasteiger partial charge in [-0.2, -0.15) is 10.1 Å². The molecule has 0 saturated carbocycles. The van der Waals surface area contributed by atoms with Crippen molar-refractivity contribution in [2.24, 2.45) is 0 Å². The number of aryl methyl sites for hydroxylation is 2. The molecular formula is C25H33N5O2S. The molecule has 3 heterocycles. The van der Waals surface area contributed by atoms with E-state index in [1.807, 2.05) is 30.2 Å². The van der Waals surface area contributed by atoms with Crippen molar-refractivity contribution in [1.82, 2.24) is 24.6 Å². The van der Waals surface area contributed by atoms with Crippen molar-refractivity contribution in [3.05, 3.63) is 59.5 Å². The van der Waals surface area contributed by atoms with Crippen molar-refractivity contribution in [3.8, 4) is 17.3 Å². The second kappa shape index (κ2) is 9.95.